The fourth-order valence-electron chi connectivity index (χ4n) is 0.342. The van der Waals surface area contributed by atoms with Gasteiger partial charge in [0.15, 0.2) is 0 Å². The predicted octanol–water partition coefficient (Wildman–Crippen LogP) is 3.80. The van der Waals surface area contributed by atoms with Crippen molar-refractivity contribution < 1.29 is 13.2 Å². The molecule has 0 aromatic heterocycles. The molecule has 0 atom stereocenters. The Kier molecular flexibility index (Phi) is 4.26. The van der Waals surface area contributed by atoms with E-state index in [9.17, 15) is 13.2 Å². The van der Waals surface area contributed by atoms with Crippen molar-refractivity contribution in [3.63, 3.8) is 0 Å². The summed E-state index contributed by atoms with van der Waals surface area (Å²) in [6.07, 6.45) is -4.04. The Hall–Kier alpha value is 1.27. The Balaban J connectivity index is 3.89. The van der Waals surface area contributed by atoms with Crippen molar-refractivity contribution in [3.8, 4) is 0 Å². The van der Waals surface area contributed by atoms with Crippen LogP contribution in [0.3, 0.4) is 0 Å². The maximum atomic E-state index is 11.7. The van der Waals surface area contributed by atoms with Gasteiger partial charge in [-0.1, -0.05) is 0 Å². The van der Waals surface area contributed by atoms with Gasteiger partial charge in [-0.2, -0.15) is 0 Å². The number of rotatable bonds is 2. The van der Waals surface area contributed by atoms with Crippen LogP contribution in [-0.4, -0.2) is 15.4 Å². The van der Waals surface area contributed by atoms with Crippen molar-refractivity contribution in [1.29, 1.82) is 0 Å². The molecule has 10 heavy (non-hydrogen) atoms. The van der Waals surface area contributed by atoms with Gasteiger partial charge < -0.3 is 0 Å². The molecule has 0 heterocycles. The van der Waals surface area contributed by atoms with E-state index in [1.54, 1.807) is 6.92 Å². The molecule has 0 saturated heterocycles. The minimum absolute atomic E-state index is 0.552. The third-order valence-electron chi connectivity index (χ3n) is 0.797. The Morgan fingerprint density at radius 1 is 1.30 bits per heavy atom. The van der Waals surface area contributed by atoms with Crippen LogP contribution in [-0.2, 0) is 0 Å². The van der Waals surface area contributed by atoms with Crippen LogP contribution in [0.5, 0.6) is 0 Å². The summed E-state index contributed by atoms with van der Waals surface area (Å²) < 4.78 is 35.2. The zero-order chi connectivity index (χ0) is 8.41. The molecule has 0 bridgehead atoms. The fraction of sp³-hybridized carbons (Fsp3) is 1.00. The molecule has 0 amide bonds. The van der Waals surface area contributed by atoms with Gasteiger partial charge in [0, 0.05) is 0 Å². The molecule has 6 heteroatoms. The second kappa shape index (κ2) is 3.78. The standard InChI is InChI=1S/C4H7Br2F3Se/c1-2-10(5,6)3-4(7,8)9/h2-3H2,1H3. The molecule has 0 aromatic carbocycles. The first-order chi connectivity index (χ1) is 4.27. The van der Waals surface area contributed by atoms with Gasteiger partial charge in [-0.15, -0.1) is 0 Å². The third kappa shape index (κ3) is 6.01. The second-order valence-electron chi connectivity index (χ2n) is 1.75. The van der Waals surface area contributed by atoms with Crippen molar-refractivity contribution in [2.45, 2.75) is 23.7 Å². The van der Waals surface area contributed by atoms with Crippen molar-refractivity contribution in [3.05, 3.63) is 0 Å². The number of hydrogen-bond donors (Lipinski definition) is 0. The van der Waals surface area contributed by atoms with Crippen molar-refractivity contribution in [2.24, 2.45) is 0 Å². The van der Waals surface area contributed by atoms with Gasteiger partial charge in [-0.05, 0) is 0 Å². The van der Waals surface area contributed by atoms with Gasteiger partial charge in [0.05, 0.1) is 0 Å². The molecule has 0 aromatic rings. The van der Waals surface area contributed by atoms with Crippen molar-refractivity contribution >= 4 is 37.4 Å². The number of hydrogen-bond acceptors (Lipinski definition) is 0. The van der Waals surface area contributed by atoms with Gasteiger partial charge in [-0.3, -0.25) is 0 Å². The monoisotopic (exact) mass is 350 g/mol. The topological polar surface area (TPSA) is 0 Å². The van der Waals surface area contributed by atoms with Crippen LogP contribution in [0.4, 0.5) is 13.2 Å². The van der Waals surface area contributed by atoms with E-state index in [4.69, 9.17) is 0 Å². The Labute approximate surface area is 74.2 Å². The van der Waals surface area contributed by atoms with Crippen LogP contribution in [0.15, 0.2) is 0 Å². The number of halogens is 5. The van der Waals surface area contributed by atoms with Crippen LogP contribution >= 0.6 is 28.2 Å². The maximum absolute atomic E-state index is 11.7. The van der Waals surface area contributed by atoms with Crippen LogP contribution in [0.2, 0.25) is 10.6 Å². The second-order valence-corrected chi connectivity index (χ2v) is 23.9. The summed E-state index contributed by atoms with van der Waals surface area (Å²) in [5.74, 6) is 0. The molecular weight excluding hydrogens is 344 g/mol. The Morgan fingerprint density at radius 2 is 1.70 bits per heavy atom. The fourth-order valence-corrected chi connectivity index (χ4v) is 4.47. The van der Waals surface area contributed by atoms with Crippen molar-refractivity contribution in [1.82, 2.24) is 0 Å². The summed E-state index contributed by atoms with van der Waals surface area (Å²) in [7, 11) is -2.48. The van der Waals surface area contributed by atoms with Gasteiger partial charge in [-0.25, -0.2) is 0 Å². The molecule has 0 aliphatic carbocycles. The zero-order valence-corrected chi connectivity index (χ0v) is 10.1. The van der Waals surface area contributed by atoms with E-state index in [1.165, 1.54) is 0 Å². The molecule has 0 aliphatic heterocycles. The van der Waals surface area contributed by atoms with E-state index in [0.29, 0.717) is 5.32 Å². The quantitative estimate of drug-likeness (QED) is 0.664. The normalized spacial score (nSPS) is 15.4. The average molecular weight is 351 g/mol. The van der Waals surface area contributed by atoms with E-state index < -0.39 is 20.7 Å². The summed E-state index contributed by atoms with van der Waals surface area (Å²) in [5.41, 5.74) is 0. The zero-order valence-electron chi connectivity index (χ0n) is 5.21. The van der Waals surface area contributed by atoms with E-state index in [0.717, 1.165) is 0 Å². The van der Waals surface area contributed by atoms with Crippen LogP contribution in [0, 0.1) is 0 Å². The van der Waals surface area contributed by atoms with Gasteiger partial charge in [0.25, 0.3) is 0 Å². The molecule has 0 rings (SSSR count). The SMILES string of the molecule is CC[Se](Br)(Br)CC(F)(F)F. The molecular formula is C4H7Br2F3Se. The minimum atomic E-state index is -4.04. The summed E-state index contributed by atoms with van der Waals surface area (Å²) in [6, 6.07) is 0. The molecule has 0 nitrogen and oxygen atoms in total. The Bertz CT molecular complexity index is 112. The summed E-state index contributed by atoms with van der Waals surface area (Å²) in [5, 5.41) is -0.143. The molecule has 0 saturated carbocycles. The first-order valence-electron chi connectivity index (χ1n) is 2.51. The average Bonchev–Trinajstić information content (AvgIpc) is 1.60. The van der Waals surface area contributed by atoms with Gasteiger partial charge in [0.1, 0.15) is 0 Å². The summed E-state index contributed by atoms with van der Waals surface area (Å²) in [4.78, 5) is 0. The third-order valence-corrected chi connectivity index (χ3v) is 11.3. The molecule has 0 unspecified atom stereocenters. The van der Waals surface area contributed by atoms with Gasteiger partial charge >= 0.3 is 74.4 Å². The molecule has 0 aliphatic rings. The predicted molar refractivity (Wildman–Crippen MR) is 45.0 cm³/mol. The summed E-state index contributed by atoms with van der Waals surface area (Å²) >= 11 is 6.14. The first kappa shape index (κ1) is 11.3. The van der Waals surface area contributed by atoms with E-state index in [1.807, 2.05) is 0 Å². The van der Waals surface area contributed by atoms with Crippen LogP contribution < -0.4 is 0 Å². The Morgan fingerprint density at radius 3 is 1.80 bits per heavy atom. The van der Waals surface area contributed by atoms with Crippen LogP contribution in [0.25, 0.3) is 0 Å². The molecule has 0 N–H and O–H groups in total. The number of alkyl halides is 3. The molecule has 64 valence electrons. The van der Waals surface area contributed by atoms with E-state index in [-0.39, 0.29) is 0 Å². The van der Waals surface area contributed by atoms with Crippen molar-refractivity contribution in [2.75, 3.05) is 0 Å². The molecule has 0 spiro atoms. The van der Waals surface area contributed by atoms with E-state index in [2.05, 4.69) is 28.2 Å². The first-order valence-corrected chi connectivity index (χ1v) is 13.0. The molecule has 0 radical (unpaired) electrons. The molecule has 0 fully saturated rings. The summed E-state index contributed by atoms with van der Waals surface area (Å²) in [6.45, 7) is 1.75. The van der Waals surface area contributed by atoms with Gasteiger partial charge in [0.2, 0.25) is 0 Å². The van der Waals surface area contributed by atoms with Crippen LogP contribution in [0.1, 0.15) is 6.92 Å². The van der Waals surface area contributed by atoms with E-state index >= 15 is 0 Å².